The van der Waals surface area contributed by atoms with Crippen molar-refractivity contribution in [3.63, 3.8) is 0 Å². The lowest BCUT2D eigenvalue weighted by Crippen LogP contribution is -2.30. The van der Waals surface area contributed by atoms with Gasteiger partial charge in [0, 0.05) is 11.6 Å². The number of halogens is 3. The van der Waals surface area contributed by atoms with E-state index in [1.54, 1.807) is 25.1 Å². The van der Waals surface area contributed by atoms with Crippen LogP contribution in [0.1, 0.15) is 21.6 Å². The van der Waals surface area contributed by atoms with Gasteiger partial charge in [-0.15, -0.1) is 0 Å². The summed E-state index contributed by atoms with van der Waals surface area (Å²) in [5.41, 5.74) is -0.891. The third-order valence-corrected chi connectivity index (χ3v) is 2.98. The number of carbonyl (C=O) groups excluding carboxylic acids is 1. The molecule has 0 aliphatic heterocycles. The molecule has 1 aromatic carbocycles. The van der Waals surface area contributed by atoms with Crippen LogP contribution < -0.4 is 5.56 Å². The molecule has 1 aromatic heterocycles. The molecule has 110 valence electrons. The van der Waals surface area contributed by atoms with Crippen LogP contribution in [0, 0.1) is 6.92 Å². The Balaban J connectivity index is 2.40. The van der Waals surface area contributed by atoms with E-state index in [1.807, 2.05) is 0 Å². The third kappa shape index (κ3) is 3.39. The second-order valence-electron chi connectivity index (χ2n) is 4.63. The van der Waals surface area contributed by atoms with Crippen LogP contribution in [0.4, 0.5) is 13.2 Å². The first kappa shape index (κ1) is 15.0. The van der Waals surface area contributed by atoms with Gasteiger partial charge >= 0.3 is 6.18 Å². The predicted octanol–water partition coefficient (Wildman–Crippen LogP) is 3.06. The first-order valence-corrected chi connectivity index (χ1v) is 6.16. The number of hydrogen-bond acceptors (Lipinski definition) is 2. The molecule has 0 N–H and O–H groups in total. The molecule has 0 bridgehead atoms. The summed E-state index contributed by atoms with van der Waals surface area (Å²) in [5.74, 6) is -0.544. The van der Waals surface area contributed by atoms with E-state index in [-0.39, 0.29) is 5.56 Å². The van der Waals surface area contributed by atoms with Crippen molar-refractivity contribution in [2.24, 2.45) is 0 Å². The van der Waals surface area contributed by atoms with Gasteiger partial charge in [-0.1, -0.05) is 29.8 Å². The Labute approximate surface area is 118 Å². The lowest BCUT2D eigenvalue weighted by atomic mass is 10.1. The average molecular weight is 295 g/mol. The Morgan fingerprint density at radius 3 is 2.43 bits per heavy atom. The van der Waals surface area contributed by atoms with Gasteiger partial charge in [0.05, 0.1) is 6.54 Å². The van der Waals surface area contributed by atoms with E-state index in [2.05, 4.69) is 0 Å². The topological polar surface area (TPSA) is 39.1 Å². The summed E-state index contributed by atoms with van der Waals surface area (Å²) in [5, 5.41) is 0. The van der Waals surface area contributed by atoms with Gasteiger partial charge in [0.25, 0.3) is 5.56 Å². The van der Waals surface area contributed by atoms with Gasteiger partial charge in [0.15, 0.2) is 5.78 Å². The fourth-order valence-electron chi connectivity index (χ4n) is 1.98. The summed E-state index contributed by atoms with van der Waals surface area (Å²) in [6, 6.07) is 9.30. The molecule has 0 unspecified atom stereocenters. The SMILES string of the molecule is Cc1cccc(C(=O)Cn2c(C(F)(F)F)cccc2=O)c1. The minimum Gasteiger partial charge on any atom is -0.297 e. The predicted molar refractivity (Wildman–Crippen MR) is 71.2 cm³/mol. The number of ketones is 1. The Kier molecular flexibility index (Phi) is 3.97. The number of nitrogens with zero attached hydrogens (tertiary/aromatic N) is 1. The molecular weight excluding hydrogens is 283 g/mol. The number of aryl methyl sites for hydroxylation is 1. The highest BCUT2D eigenvalue weighted by Gasteiger charge is 2.34. The van der Waals surface area contributed by atoms with Crippen molar-refractivity contribution in [1.29, 1.82) is 0 Å². The number of pyridine rings is 1. The smallest absolute Gasteiger partial charge is 0.297 e. The molecule has 0 aliphatic rings. The highest BCUT2D eigenvalue weighted by atomic mass is 19.4. The number of hydrogen-bond donors (Lipinski definition) is 0. The molecule has 2 aromatic rings. The first-order chi connectivity index (χ1) is 9.79. The Hall–Kier alpha value is -2.37. The number of Topliss-reactive ketones (excluding diaryl/α,β-unsaturated/α-hetero) is 1. The monoisotopic (exact) mass is 295 g/mol. The van der Waals surface area contributed by atoms with E-state index in [0.29, 0.717) is 4.57 Å². The molecule has 0 aliphatic carbocycles. The van der Waals surface area contributed by atoms with Crippen LogP contribution in [0.15, 0.2) is 47.3 Å². The second kappa shape index (κ2) is 5.55. The van der Waals surface area contributed by atoms with E-state index in [9.17, 15) is 22.8 Å². The summed E-state index contributed by atoms with van der Waals surface area (Å²) >= 11 is 0. The zero-order chi connectivity index (χ0) is 15.6. The average Bonchev–Trinajstić information content (AvgIpc) is 2.39. The van der Waals surface area contributed by atoms with Crippen molar-refractivity contribution in [3.05, 3.63) is 69.6 Å². The van der Waals surface area contributed by atoms with Gasteiger partial charge in [0.1, 0.15) is 5.69 Å². The number of alkyl halides is 3. The molecule has 1 heterocycles. The Bertz CT molecular complexity index is 732. The van der Waals surface area contributed by atoms with Crippen molar-refractivity contribution in [2.75, 3.05) is 0 Å². The van der Waals surface area contributed by atoms with Gasteiger partial charge in [-0.05, 0) is 19.1 Å². The molecular formula is C15H12F3NO2. The number of aromatic nitrogens is 1. The minimum absolute atomic E-state index is 0.277. The summed E-state index contributed by atoms with van der Waals surface area (Å²) in [7, 11) is 0. The fourth-order valence-corrected chi connectivity index (χ4v) is 1.98. The molecule has 0 fully saturated rings. The largest absolute Gasteiger partial charge is 0.431 e. The van der Waals surface area contributed by atoms with Gasteiger partial charge in [-0.2, -0.15) is 13.2 Å². The van der Waals surface area contributed by atoms with Crippen LogP contribution in [-0.4, -0.2) is 10.4 Å². The lowest BCUT2D eigenvalue weighted by Gasteiger charge is -2.14. The molecule has 0 amide bonds. The number of benzene rings is 1. The minimum atomic E-state index is -4.69. The summed E-state index contributed by atoms with van der Waals surface area (Å²) in [6.07, 6.45) is -4.69. The number of carbonyl (C=O) groups is 1. The third-order valence-electron chi connectivity index (χ3n) is 2.98. The zero-order valence-electron chi connectivity index (χ0n) is 11.1. The normalized spacial score (nSPS) is 11.4. The van der Waals surface area contributed by atoms with E-state index < -0.39 is 29.8 Å². The molecule has 2 rings (SSSR count). The van der Waals surface area contributed by atoms with E-state index in [4.69, 9.17) is 0 Å². The molecule has 0 saturated carbocycles. The van der Waals surface area contributed by atoms with Crippen LogP contribution in [0.3, 0.4) is 0 Å². The van der Waals surface area contributed by atoms with E-state index >= 15 is 0 Å². The van der Waals surface area contributed by atoms with Crippen molar-refractivity contribution >= 4 is 5.78 Å². The summed E-state index contributed by atoms with van der Waals surface area (Å²) in [6.45, 7) is 1.13. The zero-order valence-corrected chi connectivity index (χ0v) is 11.1. The molecule has 3 nitrogen and oxygen atoms in total. The van der Waals surface area contributed by atoms with Gasteiger partial charge in [-0.25, -0.2) is 0 Å². The standard InChI is InChI=1S/C15H12F3NO2/c1-10-4-2-5-11(8-10)12(20)9-19-13(15(16,17)18)6-3-7-14(19)21/h2-8H,9H2,1H3. The maximum absolute atomic E-state index is 12.9. The molecule has 6 heteroatoms. The van der Waals surface area contributed by atoms with Gasteiger partial charge in [-0.3, -0.25) is 14.2 Å². The van der Waals surface area contributed by atoms with Crippen LogP contribution in [-0.2, 0) is 12.7 Å². The second-order valence-corrected chi connectivity index (χ2v) is 4.63. The van der Waals surface area contributed by atoms with Crippen molar-refractivity contribution in [3.8, 4) is 0 Å². The van der Waals surface area contributed by atoms with Crippen LogP contribution >= 0.6 is 0 Å². The quantitative estimate of drug-likeness (QED) is 0.816. The lowest BCUT2D eigenvalue weighted by molar-refractivity contribution is -0.144. The highest BCUT2D eigenvalue weighted by Crippen LogP contribution is 2.28. The molecule has 0 atom stereocenters. The molecule has 0 radical (unpaired) electrons. The summed E-state index contributed by atoms with van der Waals surface area (Å²) < 4.78 is 39.1. The number of rotatable bonds is 3. The van der Waals surface area contributed by atoms with Crippen LogP contribution in [0.25, 0.3) is 0 Å². The van der Waals surface area contributed by atoms with Crippen molar-refractivity contribution in [2.45, 2.75) is 19.6 Å². The first-order valence-electron chi connectivity index (χ1n) is 6.16. The van der Waals surface area contributed by atoms with E-state index in [1.165, 1.54) is 6.07 Å². The summed E-state index contributed by atoms with van der Waals surface area (Å²) in [4.78, 5) is 23.7. The fraction of sp³-hybridized carbons (Fsp3) is 0.200. The van der Waals surface area contributed by atoms with E-state index in [0.717, 1.165) is 23.8 Å². The Morgan fingerprint density at radius 1 is 1.14 bits per heavy atom. The maximum Gasteiger partial charge on any atom is 0.431 e. The van der Waals surface area contributed by atoms with Crippen LogP contribution in [0.2, 0.25) is 0 Å². The molecule has 0 saturated heterocycles. The van der Waals surface area contributed by atoms with Crippen molar-refractivity contribution in [1.82, 2.24) is 4.57 Å². The Morgan fingerprint density at radius 2 is 1.81 bits per heavy atom. The van der Waals surface area contributed by atoms with Gasteiger partial charge < -0.3 is 0 Å². The van der Waals surface area contributed by atoms with Crippen molar-refractivity contribution < 1.29 is 18.0 Å². The molecule has 0 spiro atoms. The van der Waals surface area contributed by atoms with Gasteiger partial charge in [0.2, 0.25) is 0 Å². The van der Waals surface area contributed by atoms with Crippen LogP contribution in [0.5, 0.6) is 0 Å². The highest BCUT2D eigenvalue weighted by molar-refractivity contribution is 5.96. The maximum atomic E-state index is 12.9. The molecule has 21 heavy (non-hydrogen) atoms.